The first-order chi connectivity index (χ1) is 12.4. The third-order valence-corrected chi connectivity index (χ3v) is 5.20. The summed E-state index contributed by atoms with van der Waals surface area (Å²) in [5, 5.41) is 3.05. The van der Waals surface area contributed by atoms with Crippen LogP contribution in [0.4, 0.5) is 5.69 Å². The first-order valence-corrected chi connectivity index (χ1v) is 9.44. The van der Waals surface area contributed by atoms with Crippen molar-refractivity contribution in [3.63, 3.8) is 0 Å². The maximum atomic E-state index is 12.4. The van der Waals surface area contributed by atoms with E-state index < -0.39 is 0 Å². The van der Waals surface area contributed by atoms with Gasteiger partial charge in [-0.2, -0.15) is 0 Å². The Morgan fingerprint density at radius 2 is 1.77 bits per heavy atom. The molecule has 0 radical (unpaired) electrons. The molecule has 1 aromatic carbocycles. The molecule has 2 heterocycles. The molecule has 2 aliphatic rings. The second-order valence-electron chi connectivity index (χ2n) is 7.42. The Kier molecular flexibility index (Phi) is 5.94. The molecule has 2 aliphatic heterocycles. The molecular weight excluding hydrogens is 330 g/mol. The van der Waals surface area contributed by atoms with Gasteiger partial charge in [0.05, 0.1) is 6.54 Å². The van der Waals surface area contributed by atoms with Crippen LogP contribution in [-0.4, -0.2) is 67.0 Å². The normalized spacial score (nSPS) is 21.0. The number of rotatable bonds is 4. The quantitative estimate of drug-likeness (QED) is 0.892. The monoisotopic (exact) mass is 359 g/mol. The van der Waals surface area contributed by atoms with Gasteiger partial charge in [-0.05, 0) is 44.7 Å². The van der Waals surface area contributed by atoms with Crippen molar-refractivity contribution in [2.45, 2.75) is 39.7 Å². The van der Waals surface area contributed by atoms with E-state index in [1.165, 1.54) is 5.56 Å². The molecule has 0 saturated carbocycles. The number of carbonyl (C=O) groups is 2. The van der Waals surface area contributed by atoms with E-state index in [2.05, 4.69) is 29.3 Å². The Morgan fingerprint density at radius 1 is 1.12 bits per heavy atom. The van der Waals surface area contributed by atoms with Crippen molar-refractivity contribution in [2.24, 2.45) is 0 Å². The van der Waals surface area contributed by atoms with Crippen molar-refractivity contribution >= 4 is 17.5 Å². The number of piperazine rings is 1. The molecule has 6 nitrogen and oxygen atoms in total. The van der Waals surface area contributed by atoms with E-state index in [4.69, 9.17) is 4.74 Å². The second kappa shape index (κ2) is 8.18. The Balaban J connectivity index is 1.48. The minimum Gasteiger partial charge on any atom is -0.368 e. The number of nitrogens with zero attached hydrogens (tertiary/aromatic N) is 2. The third-order valence-electron chi connectivity index (χ3n) is 5.20. The van der Waals surface area contributed by atoms with Crippen LogP contribution >= 0.6 is 0 Å². The van der Waals surface area contributed by atoms with E-state index in [-0.39, 0.29) is 17.9 Å². The van der Waals surface area contributed by atoms with E-state index in [1.807, 2.05) is 18.7 Å². The van der Waals surface area contributed by atoms with Crippen LogP contribution in [0.5, 0.6) is 0 Å². The zero-order valence-corrected chi connectivity index (χ0v) is 16.0. The fourth-order valence-corrected chi connectivity index (χ4v) is 3.86. The molecule has 1 N–H and O–H groups in total. The molecule has 2 fully saturated rings. The van der Waals surface area contributed by atoms with E-state index in [0.29, 0.717) is 26.2 Å². The highest BCUT2D eigenvalue weighted by atomic mass is 16.5. The molecule has 3 rings (SSSR count). The van der Waals surface area contributed by atoms with E-state index in [9.17, 15) is 9.59 Å². The topological polar surface area (TPSA) is 61.9 Å². The van der Waals surface area contributed by atoms with Gasteiger partial charge in [0.1, 0.15) is 6.10 Å². The lowest BCUT2D eigenvalue weighted by atomic mass is 10.1. The number of hydrogen-bond donors (Lipinski definition) is 1. The number of nitrogens with one attached hydrogen (secondary N) is 1. The molecule has 26 heavy (non-hydrogen) atoms. The summed E-state index contributed by atoms with van der Waals surface area (Å²) in [5.74, 6) is 0.108. The molecule has 0 aromatic heterocycles. The molecule has 0 spiro atoms. The number of aryl methyl sites for hydroxylation is 3. The molecule has 1 aromatic rings. The van der Waals surface area contributed by atoms with Crippen molar-refractivity contribution < 1.29 is 14.3 Å². The van der Waals surface area contributed by atoms with Gasteiger partial charge >= 0.3 is 0 Å². The fraction of sp³-hybridized carbons (Fsp3) is 0.600. The number of anilines is 1. The summed E-state index contributed by atoms with van der Waals surface area (Å²) in [4.78, 5) is 28.8. The number of carbonyl (C=O) groups excluding carboxylic acids is 2. The van der Waals surface area contributed by atoms with Crippen molar-refractivity contribution in [3.05, 3.63) is 28.8 Å². The summed E-state index contributed by atoms with van der Waals surface area (Å²) in [5.41, 5.74) is 4.28. The van der Waals surface area contributed by atoms with Crippen LogP contribution in [0.1, 0.15) is 29.5 Å². The lowest BCUT2D eigenvalue weighted by Gasteiger charge is -2.35. The molecule has 0 unspecified atom stereocenters. The maximum absolute atomic E-state index is 12.4. The third kappa shape index (κ3) is 4.43. The average Bonchev–Trinajstić information content (AvgIpc) is 3.13. The van der Waals surface area contributed by atoms with Crippen molar-refractivity contribution in [1.82, 2.24) is 9.80 Å². The summed E-state index contributed by atoms with van der Waals surface area (Å²) in [7, 11) is 0. The highest BCUT2D eigenvalue weighted by molar-refractivity contribution is 5.93. The highest BCUT2D eigenvalue weighted by Gasteiger charge is 2.30. The zero-order valence-electron chi connectivity index (χ0n) is 16.0. The lowest BCUT2D eigenvalue weighted by molar-refractivity contribution is -0.142. The molecule has 0 bridgehead atoms. The fourth-order valence-electron chi connectivity index (χ4n) is 3.86. The molecule has 0 aliphatic carbocycles. The predicted octanol–water partition coefficient (Wildman–Crippen LogP) is 1.87. The summed E-state index contributed by atoms with van der Waals surface area (Å²) < 4.78 is 5.49. The van der Waals surface area contributed by atoms with Crippen LogP contribution < -0.4 is 5.32 Å². The van der Waals surface area contributed by atoms with Crippen molar-refractivity contribution in [2.75, 3.05) is 44.6 Å². The van der Waals surface area contributed by atoms with Crippen LogP contribution in [0, 0.1) is 20.8 Å². The Bertz CT molecular complexity index is 652. The number of hydrogen-bond acceptors (Lipinski definition) is 4. The summed E-state index contributed by atoms with van der Waals surface area (Å²) in [6.07, 6.45) is 1.54. The molecule has 142 valence electrons. The number of ether oxygens (including phenoxy) is 1. The van der Waals surface area contributed by atoms with Crippen LogP contribution in [0.25, 0.3) is 0 Å². The summed E-state index contributed by atoms with van der Waals surface area (Å²) in [6, 6.07) is 4.16. The summed E-state index contributed by atoms with van der Waals surface area (Å²) in [6.45, 7) is 9.90. The van der Waals surface area contributed by atoms with Gasteiger partial charge in [-0.25, -0.2) is 0 Å². The zero-order chi connectivity index (χ0) is 18.7. The summed E-state index contributed by atoms with van der Waals surface area (Å²) >= 11 is 0. The second-order valence-corrected chi connectivity index (χ2v) is 7.42. The van der Waals surface area contributed by atoms with Crippen molar-refractivity contribution in [1.29, 1.82) is 0 Å². The van der Waals surface area contributed by atoms with E-state index >= 15 is 0 Å². The lowest BCUT2D eigenvalue weighted by Crippen LogP contribution is -2.52. The average molecular weight is 359 g/mol. The van der Waals surface area contributed by atoms with Crippen molar-refractivity contribution in [3.8, 4) is 0 Å². The number of benzene rings is 1. The number of amides is 2. The van der Waals surface area contributed by atoms with Gasteiger partial charge in [0.15, 0.2) is 0 Å². The molecule has 2 amide bonds. The molecule has 1 atom stereocenters. The first kappa shape index (κ1) is 18.9. The Labute approximate surface area is 155 Å². The van der Waals surface area contributed by atoms with E-state index in [0.717, 1.165) is 42.7 Å². The predicted molar refractivity (Wildman–Crippen MR) is 101 cm³/mol. The standard InChI is InChI=1S/C20H29N3O3/c1-14-11-15(2)19(16(3)12-14)21-18(24)13-22-6-8-23(9-7-22)20(25)17-5-4-10-26-17/h11-12,17H,4-10,13H2,1-3H3,(H,21,24)/t17-/m0/s1. The van der Waals surface area contributed by atoms with Gasteiger partial charge in [-0.15, -0.1) is 0 Å². The van der Waals surface area contributed by atoms with E-state index in [1.54, 1.807) is 0 Å². The van der Waals surface area contributed by atoms with Gasteiger partial charge in [-0.1, -0.05) is 17.7 Å². The largest absolute Gasteiger partial charge is 0.368 e. The van der Waals surface area contributed by atoms with Gasteiger partial charge in [0.25, 0.3) is 5.91 Å². The Morgan fingerprint density at radius 3 is 2.35 bits per heavy atom. The molecule has 6 heteroatoms. The Hall–Kier alpha value is -1.92. The SMILES string of the molecule is Cc1cc(C)c(NC(=O)CN2CCN(C(=O)[C@@H]3CCCO3)CC2)c(C)c1. The minimum absolute atomic E-state index is 0.000967. The van der Waals surface area contributed by atoms with Gasteiger partial charge in [0, 0.05) is 38.5 Å². The highest BCUT2D eigenvalue weighted by Crippen LogP contribution is 2.22. The van der Waals surface area contributed by atoms with Gasteiger partial charge in [-0.3, -0.25) is 14.5 Å². The van der Waals surface area contributed by atoms with Gasteiger partial charge < -0.3 is 15.0 Å². The van der Waals surface area contributed by atoms with Crippen LogP contribution in [0.3, 0.4) is 0 Å². The maximum Gasteiger partial charge on any atom is 0.251 e. The first-order valence-electron chi connectivity index (χ1n) is 9.44. The van der Waals surface area contributed by atoms with Crippen LogP contribution in [0.15, 0.2) is 12.1 Å². The van der Waals surface area contributed by atoms with Crippen LogP contribution in [-0.2, 0) is 14.3 Å². The smallest absolute Gasteiger partial charge is 0.251 e. The molecular formula is C20H29N3O3. The van der Waals surface area contributed by atoms with Crippen LogP contribution in [0.2, 0.25) is 0 Å². The molecule has 2 saturated heterocycles. The van der Waals surface area contributed by atoms with Gasteiger partial charge in [0.2, 0.25) is 5.91 Å². The minimum atomic E-state index is -0.252.